The maximum absolute atomic E-state index is 13.2. The van der Waals surface area contributed by atoms with Gasteiger partial charge in [0.05, 0.1) is 16.9 Å². The molecule has 6 nitrogen and oxygen atoms in total. The maximum atomic E-state index is 13.2. The molecule has 1 amide bonds. The lowest BCUT2D eigenvalue weighted by Gasteiger charge is -2.05. The fraction of sp³-hybridized carbons (Fsp3) is 0.190. The zero-order chi connectivity index (χ0) is 20.4. The highest BCUT2D eigenvalue weighted by atomic mass is 32.1. The van der Waals surface area contributed by atoms with Gasteiger partial charge >= 0.3 is 5.69 Å². The Morgan fingerprint density at radius 2 is 1.93 bits per heavy atom. The number of rotatable bonds is 6. The Labute approximate surface area is 170 Å². The molecule has 3 heterocycles. The number of carbonyl (C=O) groups is 1. The van der Waals surface area contributed by atoms with Gasteiger partial charge in [0.15, 0.2) is 5.65 Å². The number of carbonyl (C=O) groups excluding carboxylic acids is 1. The van der Waals surface area contributed by atoms with Gasteiger partial charge < -0.3 is 5.32 Å². The van der Waals surface area contributed by atoms with Crippen LogP contribution in [0.4, 0.5) is 4.39 Å². The van der Waals surface area contributed by atoms with Crippen LogP contribution >= 0.6 is 11.3 Å². The minimum atomic E-state index is -0.318. The first-order chi connectivity index (χ1) is 14.0. The van der Waals surface area contributed by atoms with Crippen molar-refractivity contribution in [3.8, 4) is 0 Å². The molecular formula is C21H19FN4O2S. The number of halogens is 1. The zero-order valence-corrected chi connectivity index (χ0v) is 16.6. The van der Waals surface area contributed by atoms with Gasteiger partial charge in [-0.3, -0.25) is 13.9 Å². The fourth-order valence-electron chi connectivity index (χ4n) is 3.20. The standard InChI is InChI=1S/C21H19FN4O2S/c1-14-4-9-18(29-14)20(27)24-11-12-25-19-17(3-2-10-23-19)26(21(25)28)13-15-5-7-16(22)8-6-15/h2-10H,11-13H2,1H3,(H,24,27). The van der Waals surface area contributed by atoms with Crippen molar-refractivity contribution >= 4 is 28.4 Å². The Hall–Kier alpha value is -3.26. The van der Waals surface area contributed by atoms with Crippen molar-refractivity contribution in [3.63, 3.8) is 0 Å². The summed E-state index contributed by atoms with van der Waals surface area (Å²) in [5.74, 6) is -0.471. The molecule has 0 aliphatic carbocycles. The summed E-state index contributed by atoms with van der Waals surface area (Å²) in [6, 6.07) is 13.4. The molecule has 8 heteroatoms. The number of hydrogen-bond donors (Lipinski definition) is 1. The number of amides is 1. The number of pyridine rings is 1. The Bertz CT molecular complexity index is 1220. The van der Waals surface area contributed by atoms with Crippen molar-refractivity contribution in [2.45, 2.75) is 20.0 Å². The van der Waals surface area contributed by atoms with E-state index in [1.165, 1.54) is 23.5 Å². The van der Waals surface area contributed by atoms with Crippen molar-refractivity contribution in [3.05, 3.63) is 86.3 Å². The van der Waals surface area contributed by atoms with E-state index in [4.69, 9.17) is 0 Å². The van der Waals surface area contributed by atoms with Crippen LogP contribution in [0.2, 0.25) is 0 Å². The second-order valence-electron chi connectivity index (χ2n) is 6.66. The summed E-state index contributed by atoms with van der Waals surface area (Å²) in [6.07, 6.45) is 1.63. The fourth-order valence-corrected chi connectivity index (χ4v) is 3.98. The van der Waals surface area contributed by atoms with Gasteiger partial charge in [-0.2, -0.15) is 0 Å². The number of nitrogens with one attached hydrogen (secondary N) is 1. The lowest BCUT2D eigenvalue weighted by molar-refractivity contribution is 0.0956. The summed E-state index contributed by atoms with van der Waals surface area (Å²) in [4.78, 5) is 31.3. The molecule has 0 aliphatic heterocycles. The van der Waals surface area contributed by atoms with E-state index in [9.17, 15) is 14.0 Å². The first-order valence-electron chi connectivity index (χ1n) is 9.16. The van der Waals surface area contributed by atoms with Gasteiger partial charge in [0, 0.05) is 24.2 Å². The first-order valence-corrected chi connectivity index (χ1v) is 9.98. The van der Waals surface area contributed by atoms with Crippen molar-refractivity contribution in [2.24, 2.45) is 0 Å². The van der Waals surface area contributed by atoms with Crippen LogP contribution in [-0.4, -0.2) is 26.6 Å². The highest BCUT2D eigenvalue weighted by molar-refractivity contribution is 7.13. The SMILES string of the molecule is Cc1ccc(C(=O)NCCn2c(=O)n(Cc3ccc(F)cc3)c3cccnc32)s1. The van der Waals surface area contributed by atoms with E-state index in [0.717, 1.165) is 10.4 Å². The second kappa shape index (κ2) is 8.00. The number of hydrogen-bond acceptors (Lipinski definition) is 4. The molecule has 0 atom stereocenters. The minimum absolute atomic E-state index is 0.154. The van der Waals surface area contributed by atoms with Crippen molar-refractivity contribution in [1.29, 1.82) is 0 Å². The number of imidazole rings is 1. The van der Waals surface area contributed by atoms with Crippen LogP contribution in [0, 0.1) is 12.7 Å². The van der Waals surface area contributed by atoms with E-state index in [1.54, 1.807) is 39.6 Å². The number of benzene rings is 1. The molecule has 1 N–H and O–H groups in total. The third-order valence-electron chi connectivity index (χ3n) is 4.61. The molecule has 3 aromatic heterocycles. The van der Waals surface area contributed by atoms with Crippen LogP contribution < -0.4 is 11.0 Å². The van der Waals surface area contributed by atoms with Crippen LogP contribution in [0.15, 0.2) is 59.5 Å². The van der Waals surface area contributed by atoms with Gasteiger partial charge in [0.25, 0.3) is 5.91 Å². The normalized spacial score (nSPS) is 11.1. The third-order valence-corrected chi connectivity index (χ3v) is 5.61. The molecule has 29 heavy (non-hydrogen) atoms. The third kappa shape index (κ3) is 3.97. The Kier molecular flexibility index (Phi) is 5.26. The molecule has 0 saturated heterocycles. The van der Waals surface area contributed by atoms with E-state index in [-0.39, 0.29) is 17.4 Å². The van der Waals surface area contributed by atoms with Gasteiger partial charge in [-0.15, -0.1) is 11.3 Å². The van der Waals surface area contributed by atoms with E-state index >= 15 is 0 Å². The van der Waals surface area contributed by atoms with Crippen LogP contribution in [0.5, 0.6) is 0 Å². The van der Waals surface area contributed by atoms with Crippen molar-refractivity contribution < 1.29 is 9.18 Å². The largest absolute Gasteiger partial charge is 0.350 e. The first kappa shape index (κ1) is 19.1. The number of aromatic nitrogens is 3. The highest BCUT2D eigenvalue weighted by Crippen LogP contribution is 2.15. The summed E-state index contributed by atoms with van der Waals surface area (Å²) in [5.41, 5.74) is 1.85. The molecule has 0 fully saturated rings. The van der Waals surface area contributed by atoms with E-state index in [2.05, 4.69) is 10.3 Å². The molecule has 4 aromatic rings. The van der Waals surface area contributed by atoms with Gasteiger partial charge in [-0.1, -0.05) is 12.1 Å². The number of thiophene rings is 1. The summed E-state index contributed by atoms with van der Waals surface area (Å²) >= 11 is 1.43. The summed E-state index contributed by atoms with van der Waals surface area (Å²) in [7, 11) is 0. The lowest BCUT2D eigenvalue weighted by Crippen LogP contribution is -2.31. The number of fused-ring (bicyclic) bond motifs is 1. The van der Waals surface area contributed by atoms with Gasteiger partial charge in [0.1, 0.15) is 5.82 Å². The molecule has 4 rings (SSSR count). The predicted octanol–water partition coefficient (Wildman–Crippen LogP) is 3.19. The second-order valence-corrected chi connectivity index (χ2v) is 7.95. The maximum Gasteiger partial charge on any atom is 0.330 e. The molecule has 1 aromatic carbocycles. The number of aryl methyl sites for hydroxylation is 1. The predicted molar refractivity (Wildman–Crippen MR) is 111 cm³/mol. The molecule has 0 radical (unpaired) electrons. The topological polar surface area (TPSA) is 68.9 Å². The van der Waals surface area contributed by atoms with Gasteiger partial charge in [-0.25, -0.2) is 14.2 Å². The number of nitrogens with zero attached hydrogens (tertiary/aromatic N) is 3. The Morgan fingerprint density at radius 3 is 2.66 bits per heavy atom. The van der Waals surface area contributed by atoms with Gasteiger partial charge in [-0.05, 0) is 48.9 Å². The highest BCUT2D eigenvalue weighted by Gasteiger charge is 2.15. The molecular weight excluding hydrogens is 391 g/mol. The van der Waals surface area contributed by atoms with Crippen molar-refractivity contribution in [1.82, 2.24) is 19.4 Å². The van der Waals surface area contributed by atoms with Gasteiger partial charge in [0.2, 0.25) is 0 Å². The Morgan fingerprint density at radius 1 is 1.14 bits per heavy atom. The average Bonchev–Trinajstić information content (AvgIpc) is 3.26. The minimum Gasteiger partial charge on any atom is -0.350 e. The molecule has 0 bridgehead atoms. The lowest BCUT2D eigenvalue weighted by atomic mass is 10.2. The Balaban J connectivity index is 1.56. The van der Waals surface area contributed by atoms with E-state index in [0.29, 0.717) is 35.7 Å². The van der Waals surface area contributed by atoms with Crippen LogP contribution in [0.25, 0.3) is 11.2 Å². The summed E-state index contributed by atoms with van der Waals surface area (Å²) in [6.45, 7) is 2.87. The van der Waals surface area contributed by atoms with E-state index in [1.807, 2.05) is 19.1 Å². The summed E-state index contributed by atoms with van der Waals surface area (Å²) < 4.78 is 16.3. The smallest absolute Gasteiger partial charge is 0.330 e. The van der Waals surface area contributed by atoms with Crippen LogP contribution in [0.3, 0.4) is 0 Å². The molecule has 148 valence electrons. The van der Waals surface area contributed by atoms with Crippen LogP contribution in [0.1, 0.15) is 20.1 Å². The molecule has 0 saturated carbocycles. The molecule has 0 unspecified atom stereocenters. The monoisotopic (exact) mass is 410 g/mol. The quantitative estimate of drug-likeness (QED) is 0.531. The van der Waals surface area contributed by atoms with Crippen molar-refractivity contribution in [2.75, 3.05) is 6.54 Å². The van der Waals surface area contributed by atoms with Crippen LogP contribution in [-0.2, 0) is 13.1 Å². The molecule has 0 spiro atoms. The average molecular weight is 410 g/mol. The van der Waals surface area contributed by atoms with E-state index < -0.39 is 0 Å². The zero-order valence-electron chi connectivity index (χ0n) is 15.8. The molecule has 0 aliphatic rings. The summed E-state index contributed by atoms with van der Waals surface area (Å²) in [5, 5.41) is 2.85.